The van der Waals surface area contributed by atoms with Crippen molar-refractivity contribution in [2.75, 3.05) is 7.11 Å². The molecule has 3 rings (SSSR count). The first-order valence-corrected chi connectivity index (χ1v) is 7.00. The lowest BCUT2D eigenvalue weighted by Crippen LogP contribution is -2.17. The van der Waals surface area contributed by atoms with Gasteiger partial charge in [-0.15, -0.1) is 16.4 Å². The minimum Gasteiger partial charge on any atom is -0.497 e. The first-order valence-electron chi connectivity index (χ1n) is 6.19. The molecule has 0 bridgehead atoms. The van der Waals surface area contributed by atoms with Crippen molar-refractivity contribution in [1.29, 1.82) is 0 Å². The minimum atomic E-state index is -0.980. The summed E-state index contributed by atoms with van der Waals surface area (Å²) >= 11 is 1.49. The lowest BCUT2D eigenvalue weighted by atomic mass is 10.2. The Morgan fingerprint density at radius 3 is 2.95 bits per heavy atom. The van der Waals surface area contributed by atoms with E-state index in [4.69, 9.17) is 9.84 Å². The van der Waals surface area contributed by atoms with Gasteiger partial charge in [-0.2, -0.15) is 0 Å². The van der Waals surface area contributed by atoms with Crippen LogP contribution in [0.15, 0.2) is 24.3 Å². The molecule has 0 radical (unpaired) electrons. The molecule has 3 aromatic rings. The second-order valence-corrected chi connectivity index (χ2v) is 5.56. The summed E-state index contributed by atoms with van der Waals surface area (Å²) in [5.41, 5.74) is 0. The van der Waals surface area contributed by atoms with E-state index in [2.05, 4.69) is 15.5 Å². The molecule has 1 atom stereocenters. The van der Waals surface area contributed by atoms with Gasteiger partial charge in [0.05, 0.1) is 12.0 Å². The molecule has 1 unspecified atom stereocenters. The van der Waals surface area contributed by atoms with E-state index in [-0.39, 0.29) is 0 Å². The lowest BCUT2D eigenvalue weighted by Gasteiger charge is -2.06. The summed E-state index contributed by atoms with van der Waals surface area (Å²) < 4.78 is 7.54. The summed E-state index contributed by atoms with van der Waals surface area (Å²) in [7, 11) is 1.62. The first-order chi connectivity index (χ1) is 10.1. The fraction of sp³-hybridized carbons (Fsp3) is 0.231. The Bertz CT molecular complexity index is 811. The predicted molar refractivity (Wildman–Crippen MR) is 77.5 cm³/mol. The largest absolute Gasteiger partial charge is 0.497 e. The summed E-state index contributed by atoms with van der Waals surface area (Å²) in [6, 6.07) is 6.87. The smallest absolute Gasteiger partial charge is 0.328 e. The number of aromatic nitrogens is 4. The third-order valence-corrected chi connectivity index (χ3v) is 4.26. The molecule has 0 amide bonds. The number of benzene rings is 1. The third kappa shape index (κ3) is 2.33. The summed E-state index contributed by atoms with van der Waals surface area (Å²) in [6.07, 6.45) is 0. The molecule has 2 aromatic heterocycles. The molecule has 0 spiro atoms. The van der Waals surface area contributed by atoms with Gasteiger partial charge < -0.3 is 9.84 Å². The average molecular weight is 304 g/mol. The Morgan fingerprint density at radius 1 is 1.43 bits per heavy atom. The van der Waals surface area contributed by atoms with E-state index in [1.165, 1.54) is 16.0 Å². The number of nitrogens with zero attached hydrogens (tertiary/aromatic N) is 4. The molecule has 0 aliphatic carbocycles. The van der Waals surface area contributed by atoms with Crippen LogP contribution in [-0.4, -0.2) is 38.4 Å². The molecule has 108 valence electrons. The molecule has 7 nitrogen and oxygen atoms in total. The molecule has 8 heteroatoms. The standard InChI is InChI=1S/C13H12N4O3S/c1-7(13(18)19)17-12(14-15-16-17)11-5-8-3-4-9(20-2)6-10(8)21-11/h3-7H,1-2H3,(H,18,19). The Balaban J connectivity index is 2.09. The number of fused-ring (bicyclic) bond motifs is 1. The fourth-order valence-corrected chi connectivity index (χ4v) is 3.04. The average Bonchev–Trinajstić information content (AvgIpc) is 3.11. The van der Waals surface area contributed by atoms with Crippen molar-refractivity contribution < 1.29 is 14.6 Å². The van der Waals surface area contributed by atoms with E-state index in [1.54, 1.807) is 14.0 Å². The van der Waals surface area contributed by atoms with Crippen molar-refractivity contribution in [2.45, 2.75) is 13.0 Å². The van der Waals surface area contributed by atoms with Crippen molar-refractivity contribution in [2.24, 2.45) is 0 Å². The van der Waals surface area contributed by atoms with Gasteiger partial charge >= 0.3 is 5.97 Å². The van der Waals surface area contributed by atoms with Gasteiger partial charge in [0.1, 0.15) is 5.75 Å². The van der Waals surface area contributed by atoms with Gasteiger partial charge in [-0.3, -0.25) is 0 Å². The maximum Gasteiger partial charge on any atom is 0.328 e. The highest BCUT2D eigenvalue weighted by Gasteiger charge is 2.21. The highest BCUT2D eigenvalue weighted by Crippen LogP contribution is 2.34. The Labute approximate surface area is 123 Å². The van der Waals surface area contributed by atoms with E-state index in [9.17, 15) is 4.79 Å². The number of hydrogen-bond donors (Lipinski definition) is 1. The molecule has 0 aliphatic rings. The summed E-state index contributed by atoms with van der Waals surface area (Å²) in [5, 5.41) is 21.4. The number of carboxylic acid groups (broad SMARTS) is 1. The third-order valence-electron chi connectivity index (χ3n) is 3.16. The molecule has 1 N–H and O–H groups in total. The van der Waals surface area contributed by atoms with Gasteiger partial charge in [-0.05, 0) is 47.0 Å². The van der Waals surface area contributed by atoms with Gasteiger partial charge in [0.25, 0.3) is 0 Å². The minimum absolute atomic E-state index is 0.449. The van der Waals surface area contributed by atoms with E-state index >= 15 is 0 Å². The molecule has 1 aromatic carbocycles. The van der Waals surface area contributed by atoms with Crippen LogP contribution in [0.2, 0.25) is 0 Å². The quantitative estimate of drug-likeness (QED) is 0.794. The second-order valence-electron chi connectivity index (χ2n) is 4.48. The van der Waals surface area contributed by atoms with Crippen LogP contribution in [0.5, 0.6) is 5.75 Å². The molecule has 0 saturated heterocycles. The molecule has 0 saturated carbocycles. The lowest BCUT2D eigenvalue weighted by molar-refractivity contribution is -0.140. The van der Waals surface area contributed by atoms with Crippen LogP contribution in [0.3, 0.4) is 0 Å². The number of methoxy groups -OCH3 is 1. The number of hydrogen-bond acceptors (Lipinski definition) is 6. The number of rotatable bonds is 4. The van der Waals surface area contributed by atoms with E-state index in [0.29, 0.717) is 5.82 Å². The Hall–Kier alpha value is -2.48. The topological polar surface area (TPSA) is 90.1 Å². The van der Waals surface area contributed by atoms with Crippen LogP contribution in [0.4, 0.5) is 0 Å². The monoisotopic (exact) mass is 304 g/mol. The maximum atomic E-state index is 11.1. The van der Waals surface area contributed by atoms with Crippen LogP contribution >= 0.6 is 11.3 Å². The molecule has 0 fully saturated rings. The highest BCUT2D eigenvalue weighted by molar-refractivity contribution is 7.22. The Kier molecular flexibility index (Phi) is 3.30. The fourth-order valence-electron chi connectivity index (χ4n) is 1.97. The van der Waals surface area contributed by atoms with Crippen molar-refractivity contribution in [3.63, 3.8) is 0 Å². The van der Waals surface area contributed by atoms with Crippen LogP contribution in [0.1, 0.15) is 13.0 Å². The van der Waals surface area contributed by atoms with Crippen molar-refractivity contribution >= 4 is 27.4 Å². The van der Waals surface area contributed by atoms with Gasteiger partial charge in [0.15, 0.2) is 11.9 Å². The number of thiophene rings is 1. The summed E-state index contributed by atoms with van der Waals surface area (Å²) in [5.74, 6) is 0.241. The molecular formula is C13H12N4O3S. The van der Waals surface area contributed by atoms with Crippen molar-refractivity contribution in [3.05, 3.63) is 24.3 Å². The second kappa shape index (κ2) is 5.13. The van der Waals surface area contributed by atoms with E-state index < -0.39 is 12.0 Å². The van der Waals surface area contributed by atoms with E-state index in [1.807, 2.05) is 24.3 Å². The zero-order chi connectivity index (χ0) is 15.0. The molecule has 0 aliphatic heterocycles. The van der Waals surface area contributed by atoms with Gasteiger partial charge in [0.2, 0.25) is 0 Å². The maximum absolute atomic E-state index is 11.1. The zero-order valence-electron chi connectivity index (χ0n) is 11.3. The zero-order valence-corrected chi connectivity index (χ0v) is 12.2. The number of ether oxygens (including phenoxy) is 1. The Morgan fingerprint density at radius 2 is 2.24 bits per heavy atom. The number of aliphatic carboxylic acids is 1. The van der Waals surface area contributed by atoms with Crippen molar-refractivity contribution in [3.8, 4) is 16.5 Å². The van der Waals surface area contributed by atoms with Crippen LogP contribution in [-0.2, 0) is 4.79 Å². The summed E-state index contributed by atoms with van der Waals surface area (Å²) in [4.78, 5) is 11.9. The van der Waals surface area contributed by atoms with E-state index in [0.717, 1.165) is 20.7 Å². The first kappa shape index (κ1) is 13.5. The highest BCUT2D eigenvalue weighted by atomic mass is 32.1. The van der Waals surface area contributed by atoms with Crippen LogP contribution in [0.25, 0.3) is 20.8 Å². The number of carboxylic acids is 1. The summed E-state index contributed by atoms with van der Waals surface area (Å²) in [6.45, 7) is 1.54. The van der Waals surface area contributed by atoms with Crippen LogP contribution in [0, 0.1) is 0 Å². The van der Waals surface area contributed by atoms with Gasteiger partial charge in [0, 0.05) is 4.70 Å². The van der Waals surface area contributed by atoms with Gasteiger partial charge in [-0.25, -0.2) is 9.48 Å². The van der Waals surface area contributed by atoms with Crippen LogP contribution < -0.4 is 4.74 Å². The molecule has 21 heavy (non-hydrogen) atoms. The molecular weight excluding hydrogens is 292 g/mol. The van der Waals surface area contributed by atoms with Crippen molar-refractivity contribution in [1.82, 2.24) is 20.2 Å². The molecule has 2 heterocycles. The predicted octanol–water partition coefficient (Wildman–Crippen LogP) is 2.21. The van der Waals surface area contributed by atoms with Gasteiger partial charge in [-0.1, -0.05) is 0 Å². The normalized spacial score (nSPS) is 12.5. The number of tetrazole rings is 1. The SMILES string of the molecule is COc1ccc2cc(-c3nnnn3C(C)C(=O)O)sc2c1. The number of carbonyl (C=O) groups is 1.